The number of Topliss-reactive ketones (excluding diaryl/α,β-unsaturated/α-hetero) is 1. The van der Waals surface area contributed by atoms with Gasteiger partial charge in [-0.25, -0.2) is 4.98 Å². The fraction of sp³-hybridized carbons (Fsp3) is 0.400. The first kappa shape index (κ1) is 19.8. The maximum absolute atomic E-state index is 12.8. The molecule has 2 N–H and O–H groups in total. The van der Waals surface area contributed by atoms with Crippen molar-refractivity contribution in [3.63, 3.8) is 0 Å². The molecule has 0 radical (unpaired) electrons. The highest BCUT2D eigenvalue weighted by Gasteiger charge is 2.27. The van der Waals surface area contributed by atoms with Crippen molar-refractivity contribution in [3.8, 4) is 0 Å². The smallest absolute Gasteiger partial charge is 0.291 e. The molecule has 8 nitrogen and oxygen atoms in total. The topological polar surface area (TPSA) is 102 Å². The lowest BCUT2D eigenvalue weighted by molar-refractivity contribution is 0.0930. The third-order valence-corrected chi connectivity index (χ3v) is 4.65. The molecule has 1 aromatic heterocycles. The van der Waals surface area contributed by atoms with Crippen LogP contribution in [-0.2, 0) is 17.7 Å². The summed E-state index contributed by atoms with van der Waals surface area (Å²) >= 11 is 0. The molecule has 0 unspecified atom stereocenters. The molecular formula is C20H24N4O4. The number of anilines is 1. The lowest BCUT2D eigenvalue weighted by Crippen LogP contribution is -2.28. The Hall–Kier alpha value is -3.00. The number of hydrogen-bond acceptors (Lipinski definition) is 5. The van der Waals surface area contributed by atoms with Gasteiger partial charge >= 0.3 is 0 Å². The minimum Gasteiger partial charge on any atom is -0.383 e. The van der Waals surface area contributed by atoms with Gasteiger partial charge in [-0.05, 0) is 38.3 Å². The highest BCUT2D eigenvalue weighted by Crippen LogP contribution is 2.22. The summed E-state index contributed by atoms with van der Waals surface area (Å²) in [5.41, 5.74) is 2.10. The summed E-state index contributed by atoms with van der Waals surface area (Å²) in [6, 6.07) is 6.74. The summed E-state index contributed by atoms with van der Waals surface area (Å²) < 4.78 is 6.77. The van der Waals surface area contributed by atoms with Crippen LogP contribution in [0.15, 0.2) is 24.3 Å². The van der Waals surface area contributed by atoms with Crippen LogP contribution in [0.4, 0.5) is 5.69 Å². The molecule has 0 fully saturated rings. The average Bonchev–Trinajstić information content (AvgIpc) is 3.08. The van der Waals surface area contributed by atoms with E-state index in [0.717, 1.165) is 18.5 Å². The maximum Gasteiger partial charge on any atom is 0.291 e. The van der Waals surface area contributed by atoms with E-state index in [2.05, 4.69) is 15.6 Å². The van der Waals surface area contributed by atoms with Gasteiger partial charge in [0.05, 0.1) is 12.3 Å². The van der Waals surface area contributed by atoms with E-state index in [4.69, 9.17) is 4.74 Å². The van der Waals surface area contributed by atoms with Crippen molar-refractivity contribution < 1.29 is 19.1 Å². The number of rotatable bonds is 7. The number of fused-ring (bicyclic) bond motifs is 1. The molecule has 0 spiro atoms. The van der Waals surface area contributed by atoms with Crippen LogP contribution in [-0.4, -0.2) is 47.4 Å². The van der Waals surface area contributed by atoms with Crippen LogP contribution in [0.2, 0.25) is 0 Å². The van der Waals surface area contributed by atoms with Gasteiger partial charge in [-0.15, -0.1) is 0 Å². The monoisotopic (exact) mass is 384 g/mol. The summed E-state index contributed by atoms with van der Waals surface area (Å²) in [6.45, 7) is 2.90. The van der Waals surface area contributed by atoms with E-state index in [1.807, 2.05) is 4.57 Å². The average molecular weight is 384 g/mol. The number of methoxy groups -OCH3 is 1. The number of ketones is 1. The zero-order valence-electron chi connectivity index (χ0n) is 16.1. The number of imidazole rings is 1. The number of nitrogens with zero attached hydrogens (tertiary/aromatic N) is 2. The Morgan fingerprint density at radius 3 is 2.79 bits per heavy atom. The fourth-order valence-corrected chi connectivity index (χ4v) is 3.25. The third-order valence-electron chi connectivity index (χ3n) is 4.65. The van der Waals surface area contributed by atoms with Crippen LogP contribution in [0, 0.1) is 0 Å². The molecular weight excluding hydrogens is 360 g/mol. The lowest BCUT2D eigenvalue weighted by Gasteiger charge is -2.17. The van der Waals surface area contributed by atoms with Crippen LogP contribution in [0.1, 0.15) is 56.9 Å². The summed E-state index contributed by atoms with van der Waals surface area (Å²) in [7, 11) is 1.56. The number of nitrogens with one attached hydrogen (secondary N) is 2. The van der Waals surface area contributed by atoms with E-state index in [9.17, 15) is 14.4 Å². The highest BCUT2D eigenvalue weighted by atomic mass is 16.5. The molecule has 28 heavy (non-hydrogen) atoms. The molecule has 0 saturated carbocycles. The predicted molar refractivity (Wildman–Crippen MR) is 104 cm³/mol. The Labute approximate surface area is 163 Å². The van der Waals surface area contributed by atoms with Crippen LogP contribution in [0.3, 0.4) is 0 Å². The summed E-state index contributed by atoms with van der Waals surface area (Å²) in [6.07, 6.45) is 2.58. The molecule has 2 amide bonds. The Morgan fingerprint density at radius 2 is 2.04 bits per heavy atom. The number of ether oxygens (including phenoxy) is 1. The molecule has 2 heterocycles. The molecule has 0 bridgehead atoms. The minimum absolute atomic E-state index is 0.0793. The van der Waals surface area contributed by atoms with Crippen molar-refractivity contribution in [1.29, 1.82) is 0 Å². The molecule has 0 aliphatic carbocycles. The van der Waals surface area contributed by atoms with Crippen LogP contribution < -0.4 is 10.6 Å². The predicted octanol–water partition coefficient (Wildman–Crippen LogP) is 2.05. The summed E-state index contributed by atoms with van der Waals surface area (Å²) in [5, 5.41) is 5.54. The first-order chi connectivity index (χ1) is 13.5. The van der Waals surface area contributed by atoms with Crippen LogP contribution in [0.25, 0.3) is 0 Å². The van der Waals surface area contributed by atoms with Crippen LogP contribution >= 0.6 is 0 Å². The number of hydrogen-bond donors (Lipinski definition) is 2. The quantitative estimate of drug-likeness (QED) is 0.562. The Balaban J connectivity index is 1.85. The second kappa shape index (κ2) is 8.79. The molecule has 8 heteroatoms. The number of amides is 2. The highest BCUT2D eigenvalue weighted by molar-refractivity contribution is 6.04. The Morgan fingerprint density at radius 1 is 1.21 bits per heavy atom. The van der Waals surface area contributed by atoms with Gasteiger partial charge in [0.25, 0.3) is 11.8 Å². The number of carbonyl (C=O) groups is 3. The molecule has 1 aliphatic rings. The number of benzene rings is 1. The van der Waals surface area contributed by atoms with Crippen molar-refractivity contribution >= 4 is 23.3 Å². The first-order valence-corrected chi connectivity index (χ1v) is 9.30. The molecule has 0 saturated heterocycles. The van der Waals surface area contributed by atoms with Gasteiger partial charge in [0.2, 0.25) is 0 Å². The van der Waals surface area contributed by atoms with Gasteiger partial charge in [0, 0.05) is 31.5 Å². The number of carbonyl (C=O) groups excluding carboxylic acids is 3. The third kappa shape index (κ3) is 4.28. The Kier molecular flexibility index (Phi) is 6.20. The molecule has 1 aliphatic heterocycles. The van der Waals surface area contributed by atoms with Crippen molar-refractivity contribution in [3.05, 3.63) is 47.0 Å². The molecule has 1 aromatic carbocycles. The van der Waals surface area contributed by atoms with Crippen molar-refractivity contribution in [2.24, 2.45) is 0 Å². The minimum atomic E-state index is -0.403. The zero-order chi connectivity index (χ0) is 20.1. The summed E-state index contributed by atoms with van der Waals surface area (Å²) in [5.74, 6) is -0.579. The number of aromatic nitrogens is 2. The Bertz CT molecular complexity index is 904. The molecule has 0 atom stereocenters. The van der Waals surface area contributed by atoms with Crippen molar-refractivity contribution in [1.82, 2.24) is 14.9 Å². The maximum atomic E-state index is 12.8. The molecule has 3 rings (SSSR count). The standard InChI is InChI=1S/C20H24N4O4/c1-13(25)14-6-5-7-15(12-14)22-20(27)18-23-17(19(26)21-9-11-28-2)16-8-3-4-10-24(16)18/h5-7,12H,3-4,8-11H2,1-2H3,(H,21,26)(H,22,27). The molecule has 148 valence electrons. The van der Waals surface area contributed by atoms with E-state index < -0.39 is 5.91 Å². The second-order valence-electron chi connectivity index (χ2n) is 6.68. The SMILES string of the molecule is COCCNC(=O)c1nc(C(=O)Nc2cccc(C(C)=O)c2)n2c1CCCC2. The van der Waals surface area contributed by atoms with Crippen molar-refractivity contribution in [2.45, 2.75) is 32.7 Å². The first-order valence-electron chi connectivity index (χ1n) is 9.30. The fourth-order valence-electron chi connectivity index (χ4n) is 3.25. The van der Waals surface area contributed by atoms with Crippen LogP contribution in [0.5, 0.6) is 0 Å². The van der Waals surface area contributed by atoms with Gasteiger partial charge in [-0.2, -0.15) is 0 Å². The van der Waals surface area contributed by atoms with E-state index in [1.165, 1.54) is 6.92 Å². The normalized spacial score (nSPS) is 12.9. The van der Waals surface area contributed by atoms with Gasteiger partial charge in [-0.1, -0.05) is 12.1 Å². The van der Waals surface area contributed by atoms with Crippen molar-refractivity contribution in [2.75, 3.05) is 25.6 Å². The largest absolute Gasteiger partial charge is 0.383 e. The van der Waals surface area contributed by atoms with Gasteiger partial charge in [-0.3, -0.25) is 14.4 Å². The van der Waals surface area contributed by atoms with E-state index in [1.54, 1.807) is 31.4 Å². The summed E-state index contributed by atoms with van der Waals surface area (Å²) in [4.78, 5) is 41.2. The second-order valence-corrected chi connectivity index (χ2v) is 6.68. The zero-order valence-corrected chi connectivity index (χ0v) is 16.1. The van der Waals surface area contributed by atoms with Gasteiger partial charge < -0.3 is 19.9 Å². The van der Waals surface area contributed by atoms with Gasteiger partial charge in [0.1, 0.15) is 5.69 Å². The van der Waals surface area contributed by atoms with E-state index in [0.29, 0.717) is 43.1 Å². The van der Waals surface area contributed by atoms with Gasteiger partial charge in [0.15, 0.2) is 11.6 Å². The molecule has 2 aromatic rings. The van der Waals surface area contributed by atoms with E-state index in [-0.39, 0.29) is 17.5 Å². The van der Waals surface area contributed by atoms with E-state index >= 15 is 0 Å². The lowest BCUT2D eigenvalue weighted by atomic mass is 10.1.